The van der Waals surface area contributed by atoms with E-state index in [2.05, 4.69) is 21.3 Å². The van der Waals surface area contributed by atoms with E-state index in [-0.39, 0.29) is 18.4 Å². The number of carbonyl (C=O) groups is 5. The molecule has 0 radical (unpaired) electrons. The maximum atomic E-state index is 12.3. The third-order valence-electron chi connectivity index (χ3n) is 3.61. The van der Waals surface area contributed by atoms with Crippen LogP contribution >= 0.6 is 11.8 Å². The average Bonchev–Trinajstić information content (AvgIpc) is 2.64. The van der Waals surface area contributed by atoms with Gasteiger partial charge in [-0.1, -0.05) is 13.8 Å². The summed E-state index contributed by atoms with van der Waals surface area (Å²) in [6.07, 6.45) is 2.96. The first-order valence-electron chi connectivity index (χ1n) is 8.53. The molecule has 0 bridgehead atoms. The van der Waals surface area contributed by atoms with Crippen molar-refractivity contribution < 1.29 is 29.1 Å². The zero-order valence-corrected chi connectivity index (χ0v) is 16.6. The Morgan fingerprint density at radius 3 is 2.00 bits per heavy atom. The largest absolute Gasteiger partial charge is 0.480 e. The van der Waals surface area contributed by atoms with Gasteiger partial charge in [0.2, 0.25) is 23.6 Å². The molecule has 0 aliphatic carbocycles. The Kier molecular flexibility index (Phi) is 12.7. The molecule has 154 valence electrons. The molecule has 5 N–H and O–H groups in total. The van der Waals surface area contributed by atoms with Gasteiger partial charge in [-0.3, -0.25) is 24.0 Å². The predicted octanol–water partition coefficient (Wildman–Crippen LogP) is -1.30. The number of carboxylic acids is 1. The van der Waals surface area contributed by atoms with Crippen molar-refractivity contribution in [3.8, 4) is 0 Å². The molecule has 0 saturated heterocycles. The summed E-state index contributed by atoms with van der Waals surface area (Å²) in [4.78, 5) is 57.6. The average molecular weight is 404 g/mol. The van der Waals surface area contributed by atoms with Gasteiger partial charge in [-0.05, 0) is 24.9 Å². The van der Waals surface area contributed by atoms with E-state index < -0.39 is 42.8 Å². The van der Waals surface area contributed by atoms with Crippen LogP contribution in [0.15, 0.2) is 0 Å². The van der Waals surface area contributed by atoms with Crippen LogP contribution in [0.2, 0.25) is 0 Å². The molecule has 11 heteroatoms. The molecule has 0 spiro atoms. The molecular formula is C16H28N4O6S. The van der Waals surface area contributed by atoms with E-state index in [0.29, 0.717) is 18.6 Å². The zero-order valence-electron chi connectivity index (χ0n) is 15.8. The highest BCUT2D eigenvalue weighted by Crippen LogP contribution is 2.05. The lowest BCUT2D eigenvalue weighted by Crippen LogP contribution is -2.50. The smallest absolute Gasteiger partial charge is 0.322 e. The Balaban J connectivity index is 4.40. The van der Waals surface area contributed by atoms with E-state index in [4.69, 9.17) is 5.11 Å². The van der Waals surface area contributed by atoms with Crippen LogP contribution in [0.1, 0.15) is 26.7 Å². The van der Waals surface area contributed by atoms with Crippen molar-refractivity contribution in [2.24, 2.45) is 5.92 Å². The van der Waals surface area contributed by atoms with E-state index in [1.807, 2.05) is 13.2 Å². The van der Waals surface area contributed by atoms with Gasteiger partial charge in [0.15, 0.2) is 0 Å². The zero-order chi connectivity index (χ0) is 20.8. The summed E-state index contributed by atoms with van der Waals surface area (Å²) in [5, 5.41) is 17.9. The second-order valence-corrected chi connectivity index (χ2v) is 6.80. The first kappa shape index (κ1) is 24.7. The monoisotopic (exact) mass is 404 g/mol. The summed E-state index contributed by atoms with van der Waals surface area (Å²) in [5.74, 6) is -2.72. The number of hydrogen-bond acceptors (Lipinski definition) is 6. The number of thioether (sulfide) groups is 1. The summed E-state index contributed by atoms with van der Waals surface area (Å²) >= 11 is 1.53. The van der Waals surface area contributed by atoms with Gasteiger partial charge in [0.25, 0.3) is 0 Å². The Hall–Kier alpha value is -2.30. The molecule has 0 aromatic rings. The van der Waals surface area contributed by atoms with Crippen LogP contribution in [0, 0.1) is 5.92 Å². The lowest BCUT2D eigenvalue weighted by Gasteiger charge is -2.20. The molecule has 0 aromatic heterocycles. The molecule has 0 aliphatic rings. The fourth-order valence-corrected chi connectivity index (χ4v) is 2.24. The number of nitrogens with one attached hydrogen (secondary N) is 4. The topological polar surface area (TPSA) is 154 Å². The van der Waals surface area contributed by atoms with Crippen LogP contribution in [0.4, 0.5) is 0 Å². The Morgan fingerprint density at radius 2 is 1.48 bits per heavy atom. The Labute approximate surface area is 162 Å². The van der Waals surface area contributed by atoms with Gasteiger partial charge in [-0.25, -0.2) is 0 Å². The van der Waals surface area contributed by atoms with Gasteiger partial charge < -0.3 is 26.4 Å². The highest BCUT2D eigenvalue weighted by molar-refractivity contribution is 7.98. The van der Waals surface area contributed by atoms with Crippen LogP contribution in [0.5, 0.6) is 0 Å². The van der Waals surface area contributed by atoms with Gasteiger partial charge in [0.1, 0.15) is 12.6 Å². The van der Waals surface area contributed by atoms with Crippen molar-refractivity contribution in [1.29, 1.82) is 0 Å². The Morgan fingerprint density at radius 1 is 0.926 bits per heavy atom. The lowest BCUT2D eigenvalue weighted by atomic mass is 10.1. The van der Waals surface area contributed by atoms with Gasteiger partial charge >= 0.3 is 5.97 Å². The van der Waals surface area contributed by atoms with E-state index in [1.165, 1.54) is 11.8 Å². The first-order chi connectivity index (χ1) is 12.7. The summed E-state index contributed by atoms with van der Waals surface area (Å²) in [7, 11) is 0. The van der Waals surface area contributed by atoms with Gasteiger partial charge in [0.05, 0.1) is 13.1 Å². The third-order valence-corrected chi connectivity index (χ3v) is 4.25. The summed E-state index contributed by atoms with van der Waals surface area (Å²) in [5.41, 5.74) is 0. The molecule has 2 atom stereocenters. The van der Waals surface area contributed by atoms with E-state index in [1.54, 1.807) is 6.92 Å². The normalized spacial score (nSPS) is 12.4. The lowest BCUT2D eigenvalue weighted by molar-refractivity contribution is -0.137. The van der Waals surface area contributed by atoms with Crippen molar-refractivity contribution in [3.05, 3.63) is 0 Å². The van der Waals surface area contributed by atoms with Gasteiger partial charge in [-0.2, -0.15) is 11.8 Å². The fraction of sp³-hybridized carbons (Fsp3) is 0.688. The fourth-order valence-electron chi connectivity index (χ4n) is 1.77. The molecule has 10 nitrogen and oxygen atoms in total. The first-order valence-corrected chi connectivity index (χ1v) is 9.92. The van der Waals surface area contributed by atoms with Crippen LogP contribution in [-0.4, -0.2) is 72.4 Å². The van der Waals surface area contributed by atoms with Crippen molar-refractivity contribution >= 4 is 41.4 Å². The molecule has 2 unspecified atom stereocenters. The highest BCUT2D eigenvalue weighted by Gasteiger charge is 2.22. The summed E-state index contributed by atoms with van der Waals surface area (Å²) in [6.45, 7) is 2.33. The second-order valence-electron chi connectivity index (χ2n) is 5.82. The number of rotatable bonds is 13. The predicted molar refractivity (Wildman–Crippen MR) is 101 cm³/mol. The summed E-state index contributed by atoms with van der Waals surface area (Å²) < 4.78 is 0. The van der Waals surface area contributed by atoms with Crippen molar-refractivity contribution in [3.63, 3.8) is 0 Å². The second kappa shape index (κ2) is 13.8. The standard InChI is InChI=1S/C16H28N4O6S/c1-4-10(2)15(25)20-11(5-6-27-3)16(26)19-8-13(22)17-7-12(21)18-9-14(23)24/h10-11H,4-9H2,1-3H3,(H,17,22)(H,18,21)(H,19,26)(H,20,25)(H,23,24). The molecule has 0 fully saturated rings. The van der Waals surface area contributed by atoms with Crippen LogP contribution in [-0.2, 0) is 24.0 Å². The van der Waals surface area contributed by atoms with Gasteiger partial charge in [-0.15, -0.1) is 0 Å². The van der Waals surface area contributed by atoms with E-state index >= 15 is 0 Å². The quantitative estimate of drug-likeness (QED) is 0.256. The minimum Gasteiger partial charge on any atom is -0.480 e. The molecule has 27 heavy (non-hydrogen) atoms. The van der Waals surface area contributed by atoms with Crippen molar-refractivity contribution in [2.45, 2.75) is 32.7 Å². The molecule has 0 aliphatic heterocycles. The number of hydrogen-bond donors (Lipinski definition) is 5. The highest BCUT2D eigenvalue weighted by atomic mass is 32.2. The maximum Gasteiger partial charge on any atom is 0.322 e. The minimum absolute atomic E-state index is 0.220. The van der Waals surface area contributed by atoms with Crippen LogP contribution < -0.4 is 21.3 Å². The molecule has 4 amide bonds. The van der Waals surface area contributed by atoms with E-state index in [0.717, 1.165) is 0 Å². The van der Waals surface area contributed by atoms with E-state index in [9.17, 15) is 24.0 Å². The number of carboxylic acid groups (broad SMARTS) is 1. The number of aliphatic carboxylic acids is 1. The van der Waals surface area contributed by atoms with Crippen LogP contribution in [0.25, 0.3) is 0 Å². The summed E-state index contributed by atoms with van der Waals surface area (Å²) in [6, 6.07) is -0.745. The molecule has 0 heterocycles. The van der Waals surface area contributed by atoms with Crippen molar-refractivity contribution in [2.75, 3.05) is 31.6 Å². The molecule has 0 aromatic carbocycles. The molecular weight excluding hydrogens is 376 g/mol. The molecule has 0 rings (SSSR count). The number of amides is 4. The van der Waals surface area contributed by atoms with Gasteiger partial charge in [0, 0.05) is 5.92 Å². The third kappa shape index (κ3) is 11.8. The number of carbonyl (C=O) groups excluding carboxylic acids is 4. The van der Waals surface area contributed by atoms with Crippen LogP contribution in [0.3, 0.4) is 0 Å². The molecule has 0 saturated carbocycles. The van der Waals surface area contributed by atoms with Crippen molar-refractivity contribution in [1.82, 2.24) is 21.3 Å². The maximum absolute atomic E-state index is 12.3. The Bertz CT molecular complexity index is 543. The SMILES string of the molecule is CCC(C)C(=O)NC(CCSC)C(=O)NCC(=O)NCC(=O)NCC(=O)O. The minimum atomic E-state index is -1.20.